The Labute approximate surface area is 118 Å². The van der Waals surface area contributed by atoms with E-state index in [4.69, 9.17) is 5.73 Å². The topological polar surface area (TPSA) is 69.6 Å². The maximum absolute atomic E-state index is 13.4. The second kappa shape index (κ2) is 5.35. The van der Waals surface area contributed by atoms with Crippen molar-refractivity contribution in [2.24, 2.45) is 0 Å². The van der Waals surface area contributed by atoms with Crippen molar-refractivity contribution in [1.82, 2.24) is 20.2 Å². The highest BCUT2D eigenvalue weighted by Crippen LogP contribution is 2.36. The van der Waals surface area contributed by atoms with Crippen molar-refractivity contribution in [3.05, 3.63) is 23.8 Å². The molecule has 0 saturated heterocycles. The largest absolute Gasteiger partial charge is 0.395 e. The van der Waals surface area contributed by atoms with E-state index in [0.717, 1.165) is 43.5 Å². The van der Waals surface area contributed by atoms with Crippen molar-refractivity contribution in [3.63, 3.8) is 0 Å². The predicted molar refractivity (Wildman–Crippen MR) is 70.2 cm³/mol. The van der Waals surface area contributed by atoms with Crippen LogP contribution in [-0.4, -0.2) is 20.2 Å². The number of hydrogen-bond acceptors (Lipinski definition) is 5. The van der Waals surface area contributed by atoms with Gasteiger partial charge in [-0.15, -0.1) is 5.10 Å². The fourth-order valence-electron chi connectivity index (χ4n) is 2.37. The molecule has 1 heterocycles. The highest BCUT2D eigenvalue weighted by atomic mass is 32.2. The van der Waals surface area contributed by atoms with Gasteiger partial charge in [0.1, 0.15) is 11.6 Å². The van der Waals surface area contributed by atoms with Crippen LogP contribution in [0.1, 0.15) is 31.7 Å². The SMILES string of the molecule is Nc1c(F)cc(F)cc1Sc1nnnn1C1CCCC1. The summed E-state index contributed by atoms with van der Waals surface area (Å²) in [5.74, 6) is -1.44. The van der Waals surface area contributed by atoms with E-state index in [2.05, 4.69) is 15.5 Å². The summed E-state index contributed by atoms with van der Waals surface area (Å²) in [5, 5.41) is 12.1. The summed E-state index contributed by atoms with van der Waals surface area (Å²) in [7, 11) is 0. The molecule has 1 aromatic carbocycles. The molecule has 0 amide bonds. The molecule has 2 aromatic rings. The van der Waals surface area contributed by atoms with Crippen LogP contribution in [-0.2, 0) is 0 Å². The lowest BCUT2D eigenvalue weighted by Gasteiger charge is -2.11. The molecule has 0 aliphatic heterocycles. The van der Waals surface area contributed by atoms with Gasteiger partial charge in [0.25, 0.3) is 0 Å². The van der Waals surface area contributed by atoms with Gasteiger partial charge in [0.15, 0.2) is 0 Å². The van der Waals surface area contributed by atoms with Gasteiger partial charge in [-0.3, -0.25) is 0 Å². The number of benzene rings is 1. The van der Waals surface area contributed by atoms with Gasteiger partial charge < -0.3 is 5.73 Å². The van der Waals surface area contributed by atoms with Crippen LogP contribution in [0.15, 0.2) is 22.2 Å². The first-order valence-electron chi connectivity index (χ1n) is 6.35. The van der Waals surface area contributed by atoms with E-state index < -0.39 is 11.6 Å². The summed E-state index contributed by atoms with van der Waals surface area (Å²) < 4.78 is 28.4. The third-order valence-electron chi connectivity index (χ3n) is 3.39. The first-order chi connectivity index (χ1) is 9.65. The van der Waals surface area contributed by atoms with Gasteiger partial charge >= 0.3 is 0 Å². The lowest BCUT2D eigenvalue weighted by molar-refractivity contribution is 0.423. The van der Waals surface area contributed by atoms with Crippen LogP contribution >= 0.6 is 11.8 Å². The van der Waals surface area contributed by atoms with Crippen LogP contribution in [0.2, 0.25) is 0 Å². The van der Waals surface area contributed by atoms with Crippen LogP contribution in [0.25, 0.3) is 0 Å². The summed E-state index contributed by atoms with van der Waals surface area (Å²) in [4.78, 5) is 0.288. The smallest absolute Gasteiger partial charge is 0.214 e. The fraction of sp³-hybridized carbons (Fsp3) is 0.417. The number of halogens is 2. The molecule has 1 saturated carbocycles. The molecule has 20 heavy (non-hydrogen) atoms. The lowest BCUT2D eigenvalue weighted by atomic mass is 10.3. The van der Waals surface area contributed by atoms with Gasteiger partial charge in [0.05, 0.1) is 11.7 Å². The molecule has 8 heteroatoms. The Morgan fingerprint density at radius 3 is 2.75 bits per heavy atom. The minimum Gasteiger partial charge on any atom is -0.395 e. The fourth-order valence-corrected chi connectivity index (χ4v) is 3.31. The standard InChI is InChI=1S/C12H13F2N5S/c13-7-5-9(14)11(15)10(6-7)20-12-16-17-18-19(12)8-3-1-2-4-8/h5-6,8H,1-4,15H2. The third-order valence-corrected chi connectivity index (χ3v) is 4.40. The zero-order valence-electron chi connectivity index (χ0n) is 10.6. The van der Waals surface area contributed by atoms with Gasteiger partial charge in [0.2, 0.25) is 5.16 Å². The Morgan fingerprint density at radius 1 is 1.25 bits per heavy atom. The average molecular weight is 297 g/mol. The quantitative estimate of drug-likeness (QED) is 0.882. The molecule has 0 bridgehead atoms. The van der Waals surface area contributed by atoms with Crippen LogP contribution < -0.4 is 5.73 Å². The number of anilines is 1. The van der Waals surface area contributed by atoms with E-state index in [1.54, 1.807) is 4.68 Å². The summed E-state index contributed by atoms with van der Waals surface area (Å²) in [6, 6.07) is 2.21. The maximum atomic E-state index is 13.4. The monoisotopic (exact) mass is 297 g/mol. The van der Waals surface area contributed by atoms with Crippen LogP contribution in [0.4, 0.5) is 14.5 Å². The van der Waals surface area contributed by atoms with Crippen LogP contribution in [0.3, 0.4) is 0 Å². The summed E-state index contributed by atoms with van der Waals surface area (Å²) in [5.41, 5.74) is 5.55. The van der Waals surface area contributed by atoms with Crippen molar-refractivity contribution in [2.75, 3.05) is 5.73 Å². The number of nitrogen functional groups attached to an aromatic ring is 1. The van der Waals surface area contributed by atoms with Gasteiger partial charge in [-0.2, -0.15) is 0 Å². The molecule has 106 valence electrons. The van der Waals surface area contributed by atoms with Crippen molar-refractivity contribution >= 4 is 17.4 Å². The molecule has 1 aliphatic carbocycles. The number of hydrogen-bond donors (Lipinski definition) is 1. The molecule has 3 rings (SSSR count). The van der Waals surface area contributed by atoms with E-state index in [1.165, 1.54) is 6.07 Å². The second-order valence-corrected chi connectivity index (χ2v) is 5.75. The maximum Gasteiger partial charge on any atom is 0.214 e. The van der Waals surface area contributed by atoms with E-state index in [9.17, 15) is 8.78 Å². The lowest BCUT2D eigenvalue weighted by Crippen LogP contribution is -2.08. The highest BCUT2D eigenvalue weighted by Gasteiger charge is 2.22. The van der Waals surface area contributed by atoms with Gasteiger partial charge in [-0.1, -0.05) is 12.8 Å². The zero-order chi connectivity index (χ0) is 14.1. The zero-order valence-corrected chi connectivity index (χ0v) is 11.4. The molecule has 1 aromatic heterocycles. The summed E-state index contributed by atoms with van der Waals surface area (Å²) in [6.45, 7) is 0. The third kappa shape index (κ3) is 2.47. The van der Waals surface area contributed by atoms with Gasteiger partial charge in [-0.05, 0) is 41.1 Å². The van der Waals surface area contributed by atoms with Crippen molar-refractivity contribution in [2.45, 2.75) is 41.8 Å². The number of aromatic nitrogens is 4. The van der Waals surface area contributed by atoms with Crippen LogP contribution in [0, 0.1) is 11.6 Å². The molecule has 0 unspecified atom stereocenters. The Kier molecular flexibility index (Phi) is 3.56. The number of nitrogens with two attached hydrogens (primary N) is 1. The van der Waals surface area contributed by atoms with E-state index in [-0.39, 0.29) is 16.6 Å². The molecular weight excluding hydrogens is 284 g/mol. The Bertz CT molecular complexity index is 624. The van der Waals surface area contributed by atoms with Crippen molar-refractivity contribution in [1.29, 1.82) is 0 Å². The number of tetrazole rings is 1. The normalized spacial score (nSPS) is 15.9. The first-order valence-corrected chi connectivity index (χ1v) is 7.17. The minimum absolute atomic E-state index is 0.0858. The predicted octanol–water partition coefficient (Wildman–Crippen LogP) is 2.80. The number of rotatable bonds is 3. The Morgan fingerprint density at radius 2 is 2.00 bits per heavy atom. The molecule has 1 aliphatic rings. The first kappa shape index (κ1) is 13.3. The van der Waals surface area contributed by atoms with E-state index in [0.29, 0.717) is 5.16 Å². The van der Waals surface area contributed by atoms with E-state index >= 15 is 0 Å². The van der Waals surface area contributed by atoms with E-state index in [1.807, 2.05) is 0 Å². The molecule has 5 nitrogen and oxygen atoms in total. The average Bonchev–Trinajstić information content (AvgIpc) is 3.05. The molecule has 0 spiro atoms. The molecule has 0 atom stereocenters. The second-order valence-electron chi connectivity index (χ2n) is 4.75. The summed E-state index contributed by atoms with van der Waals surface area (Å²) >= 11 is 1.08. The molecular formula is C12H13F2N5S. The van der Waals surface area contributed by atoms with Crippen molar-refractivity contribution in [3.8, 4) is 0 Å². The summed E-state index contributed by atoms with van der Waals surface area (Å²) in [6.07, 6.45) is 4.33. The Hall–Kier alpha value is -1.70. The van der Waals surface area contributed by atoms with Crippen LogP contribution in [0.5, 0.6) is 0 Å². The minimum atomic E-state index is -0.771. The highest BCUT2D eigenvalue weighted by molar-refractivity contribution is 7.99. The number of nitrogens with zero attached hydrogens (tertiary/aromatic N) is 4. The van der Waals surface area contributed by atoms with Gasteiger partial charge in [0, 0.05) is 11.0 Å². The molecule has 1 fully saturated rings. The van der Waals surface area contributed by atoms with Gasteiger partial charge in [-0.25, -0.2) is 13.5 Å². The Balaban J connectivity index is 1.90. The molecule has 2 N–H and O–H groups in total. The molecule has 0 radical (unpaired) electrons. The van der Waals surface area contributed by atoms with Crippen molar-refractivity contribution < 1.29 is 8.78 Å².